The van der Waals surface area contributed by atoms with Crippen LogP contribution >= 0.6 is 31.9 Å². The number of halogens is 4. The molecule has 0 fully saturated rings. The van der Waals surface area contributed by atoms with Crippen LogP contribution in [0, 0.1) is 0 Å². The van der Waals surface area contributed by atoms with Crippen LogP contribution in [0.2, 0.25) is 0 Å². The Hall–Kier alpha value is -2.00. The molecule has 4 nitrogen and oxygen atoms in total. The minimum atomic E-state index is 0. The third-order valence-electron chi connectivity index (χ3n) is 5.10. The Morgan fingerprint density at radius 1 is 0.529 bits per heavy atom. The lowest BCUT2D eigenvalue weighted by molar-refractivity contribution is -0.683. The van der Waals surface area contributed by atoms with Crippen LogP contribution < -0.4 is 43.1 Å². The topological polar surface area (TPSA) is 41.9 Å². The Bertz CT molecular complexity index is 1140. The van der Waals surface area contributed by atoms with Crippen LogP contribution in [0.25, 0.3) is 11.1 Å². The van der Waals surface area contributed by atoms with Gasteiger partial charge in [-0.1, -0.05) is 56.1 Å². The minimum absolute atomic E-state index is 0. The number of rotatable bonds is 7. The number of benzene rings is 2. The Morgan fingerprint density at radius 2 is 0.824 bits per heavy atom. The molecule has 34 heavy (non-hydrogen) atoms. The van der Waals surface area contributed by atoms with Crippen LogP contribution in [-0.2, 0) is 13.1 Å². The maximum absolute atomic E-state index is 12.5. The summed E-state index contributed by atoms with van der Waals surface area (Å²) in [5.74, 6) is 0.123. The molecule has 2 aromatic carbocycles. The highest BCUT2D eigenvalue weighted by molar-refractivity contribution is 9.10. The largest absolute Gasteiger partial charge is 1.00 e. The maximum atomic E-state index is 12.5. The van der Waals surface area contributed by atoms with E-state index in [9.17, 15) is 9.59 Å². The molecule has 0 saturated carbocycles. The molecule has 174 valence electrons. The SMILES string of the molecule is O=C(C[n+]1ccc(-c2cc[n+](CC(=O)c3ccc(Br)cc3)cc2)cc1)c1ccc(Br)cc1.[Br-].[Br-]. The lowest BCUT2D eigenvalue weighted by Gasteiger charge is -2.02. The first-order valence-corrected chi connectivity index (χ1v) is 11.6. The summed E-state index contributed by atoms with van der Waals surface area (Å²) in [5.41, 5.74) is 3.47. The zero-order valence-electron chi connectivity index (χ0n) is 17.9. The molecule has 0 aliphatic heterocycles. The summed E-state index contributed by atoms with van der Waals surface area (Å²) in [6, 6.07) is 22.7. The van der Waals surface area contributed by atoms with Crippen molar-refractivity contribution in [3.8, 4) is 11.1 Å². The van der Waals surface area contributed by atoms with E-state index >= 15 is 0 Å². The number of carbonyl (C=O) groups excluding carboxylic acids is 2. The van der Waals surface area contributed by atoms with E-state index in [4.69, 9.17) is 0 Å². The molecule has 0 aliphatic rings. The predicted octanol–water partition coefficient (Wildman–Crippen LogP) is -0.773. The molecule has 0 saturated heterocycles. The summed E-state index contributed by atoms with van der Waals surface area (Å²) in [6.07, 6.45) is 7.63. The zero-order valence-corrected chi connectivity index (χ0v) is 24.2. The minimum Gasteiger partial charge on any atom is -1.00 e. The first kappa shape index (κ1) is 28.2. The van der Waals surface area contributed by atoms with Gasteiger partial charge in [-0.05, 0) is 35.4 Å². The molecule has 8 heteroatoms. The zero-order chi connectivity index (χ0) is 22.5. The van der Waals surface area contributed by atoms with Gasteiger partial charge in [-0.3, -0.25) is 9.59 Å². The predicted molar refractivity (Wildman–Crippen MR) is 129 cm³/mol. The van der Waals surface area contributed by atoms with Gasteiger partial charge < -0.3 is 34.0 Å². The van der Waals surface area contributed by atoms with E-state index in [-0.39, 0.29) is 58.6 Å². The van der Waals surface area contributed by atoms with E-state index < -0.39 is 0 Å². The first-order valence-electron chi connectivity index (χ1n) is 10.0. The molecule has 4 aromatic rings. The lowest BCUT2D eigenvalue weighted by atomic mass is 10.1. The van der Waals surface area contributed by atoms with E-state index in [1.807, 2.05) is 107 Å². The molecule has 0 amide bonds. The Morgan fingerprint density at radius 3 is 1.12 bits per heavy atom. The van der Waals surface area contributed by atoms with E-state index in [2.05, 4.69) is 31.9 Å². The molecule has 2 heterocycles. The summed E-state index contributed by atoms with van der Waals surface area (Å²) in [5, 5.41) is 0. The van der Waals surface area contributed by atoms with Gasteiger partial charge in [0.25, 0.3) is 0 Å². The summed E-state index contributed by atoms with van der Waals surface area (Å²) in [4.78, 5) is 24.9. The summed E-state index contributed by atoms with van der Waals surface area (Å²) in [6.45, 7) is 0.573. The normalized spacial score (nSPS) is 10.1. The molecule has 0 N–H and O–H groups in total. The van der Waals surface area contributed by atoms with Gasteiger partial charge in [-0.25, -0.2) is 0 Å². The second-order valence-electron chi connectivity index (χ2n) is 7.38. The Balaban J connectivity index is 0.00000204. The third-order valence-corrected chi connectivity index (χ3v) is 6.16. The molecular weight excluding hydrogens is 692 g/mol. The van der Waals surface area contributed by atoms with Crippen molar-refractivity contribution in [2.75, 3.05) is 0 Å². The molecule has 2 aromatic heterocycles. The Kier molecular flexibility index (Phi) is 11.0. The average Bonchev–Trinajstić information content (AvgIpc) is 2.81. The van der Waals surface area contributed by atoms with Gasteiger partial charge >= 0.3 is 0 Å². The molecule has 4 rings (SSSR count). The van der Waals surface area contributed by atoms with Crippen molar-refractivity contribution in [3.63, 3.8) is 0 Å². The smallest absolute Gasteiger partial charge is 0.227 e. The average molecular weight is 712 g/mol. The fourth-order valence-electron chi connectivity index (χ4n) is 3.30. The standard InChI is InChI=1S/C26H20Br2N2O2.2BrH/c27-23-5-1-21(2-6-23)25(31)17-29-13-9-19(10-14-29)20-11-15-30(16-12-20)18-26(32)22-3-7-24(28)8-4-22;;/h1-16H,17-18H2;2*1H/q+2;;/p-2. The molecule has 0 atom stereocenters. The highest BCUT2D eigenvalue weighted by Crippen LogP contribution is 2.16. The van der Waals surface area contributed by atoms with E-state index in [0.717, 1.165) is 20.1 Å². The van der Waals surface area contributed by atoms with Gasteiger partial charge in [0.15, 0.2) is 24.8 Å². The number of pyridine rings is 2. The number of nitrogens with zero attached hydrogens (tertiary/aromatic N) is 2. The number of Topliss-reactive ketones (excluding diaryl/α,β-unsaturated/α-hetero) is 2. The van der Waals surface area contributed by atoms with Crippen molar-refractivity contribution in [3.05, 3.63) is 118 Å². The number of ketones is 2. The van der Waals surface area contributed by atoms with Crippen LogP contribution in [0.3, 0.4) is 0 Å². The van der Waals surface area contributed by atoms with E-state index in [0.29, 0.717) is 11.1 Å². The van der Waals surface area contributed by atoms with Crippen LogP contribution in [-0.4, -0.2) is 11.6 Å². The summed E-state index contributed by atoms with van der Waals surface area (Å²) >= 11 is 6.77. The van der Waals surface area contributed by atoms with Crippen LogP contribution in [0.15, 0.2) is 107 Å². The Labute approximate surface area is 236 Å². The highest BCUT2D eigenvalue weighted by atomic mass is 79.9. The van der Waals surface area contributed by atoms with Crippen molar-refractivity contribution in [2.24, 2.45) is 0 Å². The fourth-order valence-corrected chi connectivity index (χ4v) is 3.82. The monoisotopic (exact) mass is 708 g/mol. The number of hydrogen-bond donors (Lipinski definition) is 0. The molecule has 0 unspecified atom stereocenters. The van der Waals surface area contributed by atoms with Gasteiger partial charge in [-0.15, -0.1) is 0 Å². The van der Waals surface area contributed by atoms with Gasteiger partial charge in [-0.2, -0.15) is 9.13 Å². The number of hydrogen-bond acceptors (Lipinski definition) is 2. The van der Waals surface area contributed by atoms with Gasteiger partial charge in [0.05, 0.1) is 0 Å². The number of aromatic nitrogens is 2. The lowest BCUT2D eigenvalue weighted by Crippen LogP contribution is -3.00. The van der Waals surface area contributed by atoms with Gasteiger partial charge in [0.1, 0.15) is 0 Å². The van der Waals surface area contributed by atoms with Crippen LogP contribution in [0.4, 0.5) is 0 Å². The third kappa shape index (κ3) is 7.50. The molecule has 0 aliphatic carbocycles. The van der Waals surface area contributed by atoms with Gasteiger partial charge in [0, 0.05) is 44.3 Å². The van der Waals surface area contributed by atoms with Crippen molar-refractivity contribution in [2.45, 2.75) is 13.1 Å². The number of carbonyl (C=O) groups is 2. The van der Waals surface area contributed by atoms with Crippen molar-refractivity contribution in [1.82, 2.24) is 0 Å². The summed E-state index contributed by atoms with van der Waals surface area (Å²) < 4.78 is 5.64. The maximum Gasteiger partial charge on any atom is 0.227 e. The molecular formula is C26H20Br4N2O2. The second kappa shape index (κ2) is 13.2. The van der Waals surface area contributed by atoms with Crippen LogP contribution in [0.5, 0.6) is 0 Å². The van der Waals surface area contributed by atoms with Gasteiger partial charge in [0.2, 0.25) is 24.7 Å². The fraction of sp³-hybridized carbons (Fsp3) is 0.0769. The van der Waals surface area contributed by atoms with E-state index in [1.54, 1.807) is 0 Å². The van der Waals surface area contributed by atoms with Crippen molar-refractivity contribution >= 4 is 43.4 Å². The van der Waals surface area contributed by atoms with Crippen molar-refractivity contribution < 1.29 is 52.7 Å². The molecule has 0 bridgehead atoms. The first-order chi connectivity index (χ1) is 15.5. The highest BCUT2D eigenvalue weighted by Gasteiger charge is 2.14. The quantitative estimate of drug-likeness (QED) is 0.187. The van der Waals surface area contributed by atoms with Crippen molar-refractivity contribution in [1.29, 1.82) is 0 Å². The van der Waals surface area contributed by atoms with Crippen LogP contribution in [0.1, 0.15) is 20.7 Å². The van der Waals surface area contributed by atoms with E-state index in [1.165, 1.54) is 0 Å². The molecule has 0 spiro atoms. The summed E-state index contributed by atoms with van der Waals surface area (Å²) in [7, 11) is 0. The molecule has 0 radical (unpaired) electrons. The second-order valence-corrected chi connectivity index (χ2v) is 9.21.